The molecular formula is C33H38N4O4. The van der Waals surface area contributed by atoms with E-state index in [1.54, 1.807) is 6.26 Å². The summed E-state index contributed by atoms with van der Waals surface area (Å²) < 4.78 is 17.2. The lowest BCUT2D eigenvalue weighted by Gasteiger charge is -2.23. The van der Waals surface area contributed by atoms with Crippen LogP contribution in [0.25, 0.3) is 0 Å². The van der Waals surface area contributed by atoms with E-state index in [2.05, 4.69) is 64.5 Å². The first-order valence-electron chi connectivity index (χ1n) is 14.3. The van der Waals surface area contributed by atoms with Crippen molar-refractivity contribution in [3.63, 3.8) is 0 Å². The van der Waals surface area contributed by atoms with E-state index in [0.29, 0.717) is 44.3 Å². The minimum absolute atomic E-state index is 0.147. The minimum Gasteiger partial charge on any atom is -0.491 e. The maximum absolute atomic E-state index is 13.1. The van der Waals surface area contributed by atoms with Crippen molar-refractivity contribution in [1.29, 1.82) is 0 Å². The second kappa shape index (κ2) is 14.1. The Kier molecular flexibility index (Phi) is 9.78. The van der Waals surface area contributed by atoms with E-state index in [4.69, 9.17) is 14.0 Å². The van der Waals surface area contributed by atoms with Crippen molar-refractivity contribution in [1.82, 2.24) is 20.4 Å². The number of pyridine rings is 1. The van der Waals surface area contributed by atoms with Crippen LogP contribution in [0.15, 0.2) is 77.6 Å². The SMILES string of the molecule is CC(C)Cc1nocc1CNC(=O)c1ccc2c(c1)Cc1cccc(c1)CN(Cc1ccccn1)CCOCCO2. The Morgan fingerprint density at radius 3 is 2.78 bits per heavy atom. The molecule has 0 radical (unpaired) electrons. The highest BCUT2D eigenvalue weighted by Gasteiger charge is 2.16. The predicted octanol–water partition coefficient (Wildman–Crippen LogP) is 5.20. The number of rotatable bonds is 7. The van der Waals surface area contributed by atoms with Crippen LogP contribution in [0.5, 0.6) is 5.75 Å². The van der Waals surface area contributed by atoms with Crippen LogP contribution in [0, 0.1) is 5.92 Å². The summed E-state index contributed by atoms with van der Waals surface area (Å²) in [6, 6.07) is 20.2. The van der Waals surface area contributed by atoms with Crippen molar-refractivity contribution in [3.8, 4) is 5.75 Å². The van der Waals surface area contributed by atoms with Gasteiger partial charge in [-0.1, -0.05) is 49.3 Å². The number of fused-ring (bicyclic) bond motifs is 3. The Morgan fingerprint density at radius 2 is 1.93 bits per heavy atom. The first-order valence-corrected chi connectivity index (χ1v) is 14.3. The summed E-state index contributed by atoms with van der Waals surface area (Å²) >= 11 is 0. The van der Waals surface area contributed by atoms with Crippen LogP contribution in [-0.2, 0) is 37.2 Å². The molecule has 8 heteroatoms. The monoisotopic (exact) mass is 554 g/mol. The number of carbonyl (C=O) groups is 1. The molecule has 214 valence electrons. The topological polar surface area (TPSA) is 89.7 Å². The normalized spacial score (nSPS) is 14.6. The van der Waals surface area contributed by atoms with Gasteiger partial charge in [-0.25, -0.2) is 0 Å². The highest BCUT2D eigenvalue weighted by Crippen LogP contribution is 2.25. The Morgan fingerprint density at radius 1 is 1.02 bits per heavy atom. The average Bonchev–Trinajstić information content (AvgIpc) is 3.40. The molecule has 4 aromatic rings. The van der Waals surface area contributed by atoms with E-state index in [9.17, 15) is 4.79 Å². The van der Waals surface area contributed by atoms with E-state index in [1.807, 2.05) is 36.5 Å². The highest BCUT2D eigenvalue weighted by molar-refractivity contribution is 5.94. The molecule has 1 amide bonds. The lowest BCUT2D eigenvalue weighted by molar-refractivity contribution is 0.0754. The molecule has 0 aliphatic carbocycles. The van der Waals surface area contributed by atoms with Crippen molar-refractivity contribution in [2.45, 2.75) is 46.3 Å². The summed E-state index contributed by atoms with van der Waals surface area (Å²) in [6.07, 6.45) is 4.90. The zero-order valence-electron chi connectivity index (χ0n) is 23.8. The van der Waals surface area contributed by atoms with E-state index in [1.165, 1.54) is 11.1 Å². The van der Waals surface area contributed by atoms with Crippen molar-refractivity contribution in [3.05, 3.63) is 112 Å². The molecule has 0 saturated carbocycles. The Bertz CT molecular complexity index is 1420. The van der Waals surface area contributed by atoms with E-state index < -0.39 is 0 Å². The smallest absolute Gasteiger partial charge is 0.251 e. The fourth-order valence-electron chi connectivity index (χ4n) is 5.01. The van der Waals surface area contributed by atoms with Crippen molar-refractivity contribution in [2.24, 2.45) is 5.92 Å². The molecule has 2 aromatic heterocycles. The Balaban J connectivity index is 1.32. The maximum atomic E-state index is 13.1. The summed E-state index contributed by atoms with van der Waals surface area (Å²) in [5, 5.41) is 7.13. The van der Waals surface area contributed by atoms with Gasteiger partial charge in [0, 0.05) is 49.9 Å². The number of nitrogens with zero attached hydrogens (tertiary/aromatic N) is 3. The van der Waals surface area contributed by atoms with Crippen molar-refractivity contribution < 1.29 is 18.8 Å². The number of carbonyl (C=O) groups excluding carboxylic acids is 1. The highest BCUT2D eigenvalue weighted by atomic mass is 16.5. The third-order valence-corrected chi connectivity index (χ3v) is 7.03. The summed E-state index contributed by atoms with van der Waals surface area (Å²) in [5.74, 6) is 1.07. The third-order valence-electron chi connectivity index (χ3n) is 7.03. The van der Waals surface area contributed by atoms with Crippen LogP contribution in [0.2, 0.25) is 0 Å². The van der Waals surface area contributed by atoms with Gasteiger partial charge >= 0.3 is 0 Å². The zero-order valence-corrected chi connectivity index (χ0v) is 23.8. The number of nitrogens with one attached hydrogen (secondary N) is 1. The van der Waals surface area contributed by atoms with E-state index >= 15 is 0 Å². The van der Waals surface area contributed by atoms with Gasteiger partial charge < -0.3 is 19.3 Å². The number of amides is 1. The van der Waals surface area contributed by atoms with Crippen molar-refractivity contribution >= 4 is 5.91 Å². The van der Waals surface area contributed by atoms with Gasteiger partial charge in [0.15, 0.2) is 0 Å². The van der Waals surface area contributed by atoms with Crippen molar-refractivity contribution in [2.75, 3.05) is 26.4 Å². The molecule has 8 nitrogen and oxygen atoms in total. The average molecular weight is 555 g/mol. The quantitative estimate of drug-likeness (QED) is 0.336. The lowest BCUT2D eigenvalue weighted by Crippen LogP contribution is -2.28. The molecule has 0 unspecified atom stereocenters. The summed E-state index contributed by atoms with van der Waals surface area (Å²) in [5.41, 5.74) is 6.76. The van der Waals surface area contributed by atoms with Gasteiger partial charge in [-0.05, 0) is 59.4 Å². The van der Waals surface area contributed by atoms with Crippen LogP contribution in [0.4, 0.5) is 0 Å². The van der Waals surface area contributed by atoms with E-state index in [-0.39, 0.29) is 5.91 Å². The van der Waals surface area contributed by atoms with Crippen LogP contribution in [0.1, 0.15) is 57.8 Å². The predicted molar refractivity (Wildman–Crippen MR) is 157 cm³/mol. The molecule has 2 bridgehead atoms. The summed E-state index contributed by atoms with van der Waals surface area (Å²) in [7, 11) is 0. The van der Waals surface area contributed by atoms with Gasteiger partial charge in [0.2, 0.25) is 0 Å². The number of benzene rings is 2. The second-order valence-electron chi connectivity index (χ2n) is 10.9. The minimum atomic E-state index is -0.147. The van der Waals surface area contributed by atoms with Crippen LogP contribution in [0.3, 0.4) is 0 Å². The largest absolute Gasteiger partial charge is 0.491 e. The molecule has 0 saturated heterocycles. The van der Waals surface area contributed by atoms with Gasteiger partial charge in [-0.15, -0.1) is 0 Å². The molecule has 3 heterocycles. The molecule has 2 aromatic carbocycles. The maximum Gasteiger partial charge on any atom is 0.251 e. The van der Waals surface area contributed by atoms with Crippen LogP contribution < -0.4 is 10.1 Å². The zero-order chi connectivity index (χ0) is 28.4. The number of hydrogen-bond acceptors (Lipinski definition) is 7. The third kappa shape index (κ3) is 8.25. The number of aromatic nitrogens is 2. The summed E-state index contributed by atoms with van der Waals surface area (Å²) in [4.78, 5) is 20.0. The standard InChI is InChI=1S/C33H38N4O4/c1-24(2)16-31-29(23-41-36-31)20-35-33(38)27-9-10-32-28(19-27)18-25-6-5-7-26(17-25)21-37(12-13-39-14-15-40-32)22-30-8-3-4-11-34-30/h3-11,17,19,23-24H,12-16,18,20-22H2,1-2H3,(H,35,38). The molecule has 1 aliphatic heterocycles. The van der Waals surface area contributed by atoms with Gasteiger partial charge in [0.25, 0.3) is 5.91 Å². The molecule has 41 heavy (non-hydrogen) atoms. The van der Waals surface area contributed by atoms with E-state index in [0.717, 1.165) is 54.3 Å². The second-order valence-corrected chi connectivity index (χ2v) is 10.9. The number of ether oxygens (including phenoxy) is 2. The van der Waals surface area contributed by atoms with Gasteiger partial charge in [0.1, 0.15) is 18.6 Å². The van der Waals surface area contributed by atoms with Gasteiger partial charge in [-0.3, -0.25) is 14.7 Å². The molecule has 0 fully saturated rings. The summed E-state index contributed by atoms with van der Waals surface area (Å²) in [6.45, 7) is 8.50. The Hall–Kier alpha value is -4.01. The first-order chi connectivity index (χ1) is 20.0. The fraction of sp³-hybridized carbons (Fsp3) is 0.364. The van der Waals surface area contributed by atoms with Crippen LogP contribution >= 0.6 is 0 Å². The lowest BCUT2D eigenvalue weighted by atomic mass is 9.99. The Labute approximate surface area is 241 Å². The molecule has 1 aliphatic rings. The van der Waals surface area contributed by atoms with Crippen LogP contribution in [-0.4, -0.2) is 47.3 Å². The molecule has 1 N–H and O–H groups in total. The molecular weight excluding hydrogens is 516 g/mol. The van der Waals surface area contributed by atoms with Gasteiger partial charge in [-0.2, -0.15) is 0 Å². The molecule has 5 rings (SSSR count). The fourth-order valence-corrected chi connectivity index (χ4v) is 5.01. The first kappa shape index (κ1) is 28.5. The van der Waals surface area contributed by atoms with Gasteiger partial charge in [0.05, 0.1) is 24.6 Å². The number of hydrogen-bond donors (Lipinski definition) is 1. The molecule has 0 spiro atoms. The molecule has 0 atom stereocenters.